The highest BCUT2D eigenvalue weighted by Gasteiger charge is 2.46. The number of aliphatic hydroxyl groups is 1. The van der Waals surface area contributed by atoms with Gasteiger partial charge in [-0.15, -0.1) is 0 Å². The molecule has 0 aliphatic carbocycles. The molecule has 1 aliphatic rings. The molecule has 0 bridgehead atoms. The third-order valence-corrected chi connectivity index (χ3v) is 5.23. The van der Waals surface area contributed by atoms with E-state index in [0.29, 0.717) is 11.3 Å². The van der Waals surface area contributed by atoms with Gasteiger partial charge in [0.25, 0.3) is 5.91 Å². The second-order valence-corrected chi connectivity index (χ2v) is 7.89. The fraction of sp³-hybridized carbons (Fsp3) is 0.318. The maximum absolute atomic E-state index is 13.0. The number of aromatic nitrogens is 2. The molecule has 29 heavy (non-hydrogen) atoms. The molecule has 0 saturated carbocycles. The molecule has 0 spiro atoms. The van der Waals surface area contributed by atoms with Gasteiger partial charge in [0.15, 0.2) is 11.5 Å². The molecule has 1 amide bonds. The number of fused-ring (bicyclic) bond motifs is 1. The van der Waals surface area contributed by atoms with Crippen molar-refractivity contribution in [2.24, 2.45) is 5.92 Å². The minimum Gasteiger partial charge on any atom is -0.503 e. The summed E-state index contributed by atoms with van der Waals surface area (Å²) in [4.78, 5) is 34.9. The number of carbonyl (C=O) groups is 2. The van der Waals surface area contributed by atoms with Crippen molar-refractivity contribution >= 4 is 28.7 Å². The highest BCUT2D eigenvalue weighted by atomic mass is 16.3. The Labute approximate surface area is 168 Å². The van der Waals surface area contributed by atoms with Gasteiger partial charge in [-0.25, -0.2) is 4.98 Å². The Morgan fingerprint density at radius 1 is 1.31 bits per heavy atom. The Bertz CT molecular complexity index is 1100. The monoisotopic (exact) mass is 393 g/mol. The summed E-state index contributed by atoms with van der Waals surface area (Å²) in [5.74, 6) is -0.771. The molecule has 3 heterocycles. The molecule has 7 nitrogen and oxygen atoms in total. The molecular formula is C22H23N3O4. The van der Waals surface area contributed by atoms with Crippen LogP contribution in [0.2, 0.25) is 0 Å². The number of nitrogens with zero attached hydrogens (tertiary/aromatic N) is 2. The number of hydrogen-bond donors (Lipinski definition) is 2. The molecule has 1 unspecified atom stereocenters. The normalized spacial score (nSPS) is 17.2. The summed E-state index contributed by atoms with van der Waals surface area (Å²) >= 11 is 0. The van der Waals surface area contributed by atoms with Crippen LogP contribution in [0.1, 0.15) is 43.2 Å². The predicted octanol–water partition coefficient (Wildman–Crippen LogP) is 4.29. The van der Waals surface area contributed by atoms with Crippen LogP contribution in [-0.4, -0.2) is 26.8 Å². The largest absolute Gasteiger partial charge is 0.503 e. The van der Waals surface area contributed by atoms with Crippen LogP contribution >= 0.6 is 0 Å². The highest BCUT2D eigenvalue weighted by molar-refractivity contribution is 6.16. The third kappa shape index (κ3) is 3.12. The van der Waals surface area contributed by atoms with E-state index in [2.05, 4.69) is 9.97 Å². The Morgan fingerprint density at radius 2 is 2.03 bits per heavy atom. The van der Waals surface area contributed by atoms with E-state index in [4.69, 9.17) is 4.42 Å². The molecule has 0 radical (unpaired) electrons. The van der Waals surface area contributed by atoms with Gasteiger partial charge in [-0.05, 0) is 55.2 Å². The lowest BCUT2D eigenvalue weighted by atomic mass is 9.95. The van der Waals surface area contributed by atoms with Crippen molar-refractivity contribution in [1.29, 1.82) is 0 Å². The van der Waals surface area contributed by atoms with Crippen LogP contribution in [0.5, 0.6) is 0 Å². The average molecular weight is 393 g/mol. The SMILES string of the molecule is Cc1cc2nc(N3C(=O)C(O)=C(C(=O)CC(C)C)C3c3ccco3)[nH]c2cc1C. The number of benzene rings is 1. The Hall–Kier alpha value is -3.35. The van der Waals surface area contributed by atoms with Gasteiger partial charge in [0.1, 0.15) is 11.8 Å². The second-order valence-electron chi connectivity index (χ2n) is 7.89. The lowest BCUT2D eigenvalue weighted by Gasteiger charge is -2.22. The number of aliphatic hydroxyl groups excluding tert-OH is 1. The molecule has 4 rings (SSSR count). The standard InChI is InChI=1S/C22H23N3O4/c1-11(2)8-16(26)18-19(17-6-5-7-29-17)25(21(28)20(18)27)22-23-14-9-12(3)13(4)10-15(14)24-22/h5-7,9-11,19,27H,8H2,1-4H3,(H,23,24). The van der Waals surface area contributed by atoms with Gasteiger partial charge in [0.2, 0.25) is 5.95 Å². The zero-order valence-electron chi connectivity index (χ0n) is 16.8. The minimum absolute atomic E-state index is 0.0477. The van der Waals surface area contributed by atoms with Gasteiger partial charge in [0.05, 0.1) is 22.9 Å². The Balaban J connectivity index is 1.85. The van der Waals surface area contributed by atoms with Crippen molar-refractivity contribution in [2.75, 3.05) is 4.90 Å². The number of amides is 1. The number of nitrogens with one attached hydrogen (secondary N) is 1. The summed E-state index contributed by atoms with van der Waals surface area (Å²) in [6.45, 7) is 7.82. The number of Topliss-reactive ketones (excluding diaryl/α,β-unsaturated/α-hetero) is 1. The van der Waals surface area contributed by atoms with Crippen molar-refractivity contribution in [2.45, 2.75) is 40.2 Å². The number of imidazole rings is 1. The first-order valence-electron chi connectivity index (χ1n) is 9.58. The number of rotatable bonds is 5. The number of aromatic amines is 1. The number of carbonyl (C=O) groups excluding carboxylic acids is 2. The van der Waals surface area contributed by atoms with E-state index in [9.17, 15) is 14.7 Å². The molecule has 0 fully saturated rings. The zero-order chi connectivity index (χ0) is 20.9. The van der Waals surface area contributed by atoms with Crippen LogP contribution in [0.15, 0.2) is 46.3 Å². The maximum Gasteiger partial charge on any atom is 0.296 e. The van der Waals surface area contributed by atoms with E-state index in [1.54, 1.807) is 12.1 Å². The number of ketones is 1. The average Bonchev–Trinajstić information content (AvgIpc) is 3.34. The fourth-order valence-corrected chi connectivity index (χ4v) is 3.68. The number of aryl methyl sites for hydroxylation is 2. The van der Waals surface area contributed by atoms with Gasteiger partial charge >= 0.3 is 0 Å². The van der Waals surface area contributed by atoms with Gasteiger partial charge in [-0.2, -0.15) is 0 Å². The first kappa shape index (κ1) is 19.0. The van der Waals surface area contributed by atoms with Crippen molar-refractivity contribution in [3.8, 4) is 0 Å². The molecule has 2 aromatic heterocycles. The Morgan fingerprint density at radius 3 is 2.69 bits per heavy atom. The van der Waals surface area contributed by atoms with Crippen LogP contribution in [0.3, 0.4) is 0 Å². The lowest BCUT2D eigenvalue weighted by molar-refractivity contribution is -0.118. The minimum atomic E-state index is -0.869. The Kier molecular flexibility index (Phi) is 4.53. The van der Waals surface area contributed by atoms with E-state index in [-0.39, 0.29) is 29.6 Å². The van der Waals surface area contributed by atoms with E-state index in [1.165, 1.54) is 11.2 Å². The van der Waals surface area contributed by atoms with Gasteiger partial charge in [-0.3, -0.25) is 14.5 Å². The van der Waals surface area contributed by atoms with E-state index in [1.807, 2.05) is 39.8 Å². The van der Waals surface area contributed by atoms with E-state index < -0.39 is 17.7 Å². The lowest BCUT2D eigenvalue weighted by Crippen LogP contribution is -2.31. The summed E-state index contributed by atoms with van der Waals surface area (Å²) in [7, 11) is 0. The van der Waals surface area contributed by atoms with Gasteiger partial charge in [-0.1, -0.05) is 13.8 Å². The summed E-state index contributed by atoms with van der Waals surface area (Å²) in [6.07, 6.45) is 1.69. The van der Waals surface area contributed by atoms with E-state index in [0.717, 1.165) is 16.6 Å². The molecule has 3 aromatic rings. The molecule has 7 heteroatoms. The van der Waals surface area contributed by atoms with Gasteiger partial charge < -0.3 is 14.5 Å². The zero-order valence-corrected chi connectivity index (χ0v) is 16.8. The van der Waals surface area contributed by atoms with Crippen LogP contribution in [-0.2, 0) is 9.59 Å². The first-order valence-corrected chi connectivity index (χ1v) is 9.58. The maximum atomic E-state index is 13.0. The summed E-state index contributed by atoms with van der Waals surface area (Å²) < 4.78 is 5.53. The molecule has 2 N–H and O–H groups in total. The van der Waals surface area contributed by atoms with Crippen molar-refractivity contribution < 1.29 is 19.1 Å². The van der Waals surface area contributed by atoms with Crippen molar-refractivity contribution in [1.82, 2.24) is 9.97 Å². The third-order valence-electron chi connectivity index (χ3n) is 5.23. The summed E-state index contributed by atoms with van der Waals surface area (Å²) in [5.41, 5.74) is 3.70. The van der Waals surface area contributed by atoms with Gasteiger partial charge in [0, 0.05) is 6.42 Å². The second kappa shape index (κ2) is 6.92. The quantitative estimate of drug-likeness (QED) is 0.674. The molecule has 1 atom stereocenters. The van der Waals surface area contributed by atoms with E-state index >= 15 is 0 Å². The smallest absolute Gasteiger partial charge is 0.296 e. The molecule has 1 aliphatic heterocycles. The number of H-pyrrole nitrogens is 1. The predicted molar refractivity (Wildman–Crippen MR) is 109 cm³/mol. The number of hydrogen-bond acceptors (Lipinski definition) is 5. The van der Waals surface area contributed by atoms with Crippen LogP contribution in [0, 0.1) is 19.8 Å². The topological polar surface area (TPSA) is 99.4 Å². The fourth-order valence-electron chi connectivity index (χ4n) is 3.68. The summed E-state index contributed by atoms with van der Waals surface area (Å²) in [5, 5.41) is 10.6. The highest BCUT2D eigenvalue weighted by Crippen LogP contribution is 2.41. The summed E-state index contributed by atoms with van der Waals surface area (Å²) in [6, 6.07) is 6.39. The van der Waals surface area contributed by atoms with Crippen LogP contribution in [0.25, 0.3) is 11.0 Å². The molecular weight excluding hydrogens is 370 g/mol. The van der Waals surface area contributed by atoms with Crippen LogP contribution in [0.4, 0.5) is 5.95 Å². The van der Waals surface area contributed by atoms with Crippen molar-refractivity contribution in [3.05, 3.63) is 58.7 Å². The number of furan rings is 1. The molecule has 0 saturated heterocycles. The molecule has 1 aromatic carbocycles. The molecule has 150 valence electrons. The van der Waals surface area contributed by atoms with Crippen LogP contribution < -0.4 is 4.90 Å². The number of anilines is 1. The van der Waals surface area contributed by atoms with Crippen molar-refractivity contribution in [3.63, 3.8) is 0 Å². The first-order chi connectivity index (χ1) is 13.8.